The van der Waals surface area contributed by atoms with Crippen LogP contribution < -0.4 is 5.32 Å². The van der Waals surface area contributed by atoms with E-state index >= 15 is 0 Å². The molecule has 0 spiro atoms. The Hall–Kier alpha value is -3.09. The average molecular weight is 686 g/mol. The molecule has 3 heterocycles. The summed E-state index contributed by atoms with van der Waals surface area (Å²) in [5.41, 5.74) is 2.71. The number of fused-ring (bicyclic) bond motifs is 1. The van der Waals surface area contributed by atoms with E-state index in [2.05, 4.69) is 10.4 Å². The molecule has 1 aliphatic heterocycles. The molecule has 1 saturated heterocycles. The Balaban J connectivity index is 0.00000480. The van der Waals surface area contributed by atoms with Gasteiger partial charge in [-0.1, -0.05) is 18.5 Å². The van der Waals surface area contributed by atoms with Crippen LogP contribution in [-0.4, -0.2) is 86.7 Å². The smallest absolute Gasteiger partial charge is 0.349 e. The summed E-state index contributed by atoms with van der Waals surface area (Å²) in [4.78, 5) is 42.6. The molecule has 252 valence electrons. The highest BCUT2D eigenvalue weighted by molar-refractivity contribution is 6.31. The maximum atomic E-state index is 13.5. The highest BCUT2D eigenvalue weighted by Crippen LogP contribution is 2.31. The zero-order chi connectivity index (χ0) is 32.3. The number of hydrogen-bond acceptors (Lipinski definition) is 5. The van der Waals surface area contributed by atoms with Gasteiger partial charge in [-0.25, -0.2) is 0 Å². The first-order valence-electron chi connectivity index (χ1n) is 15.7. The van der Waals surface area contributed by atoms with Crippen LogP contribution in [0.2, 0.25) is 5.02 Å². The number of Topliss-reactive ketones (excluding diaryl/α,β-unsaturated/α-hetero) is 1. The van der Waals surface area contributed by atoms with Crippen LogP contribution in [0.25, 0.3) is 10.9 Å². The molecule has 1 aliphatic carbocycles. The van der Waals surface area contributed by atoms with E-state index in [1.54, 1.807) is 45.0 Å². The lowest BCUT2D eigenvalue weighted by Crippen LogP contribution is -2.50. The van der Waals surface area contributed by atoms with Crippen molar-refractivity contribution in [3.05, 3.63) is 52.4 Å². The number of nitrogens with one attached hydrogen (secondary N) is 1. The van der Waals surface area contributed by atoms with Crippen molar-refractivity contribution in [1.29, 1.82) is 0 Å². The number of benzene rings is 1. The van der Waals surface area contributed by atoms with E-state index in [0.29, 0.717) is 59.7 Å². The predicted octanol–water partition coefficient (Wildman–Crippen LogP) is 6.21. The number of hydrogen-bond donors (Lipinski definition) is 1. The van der Waals surface area contributed by atoms with Crippen LogP contribution in [0.1, 0.15) is 84.3 Å². The second-order valence-corrected chi connectivity index (χ2v) is 12.6. The van der Waals surface area contributed by atoms with Crippen molar-refractivity contribution in [2.24, 2.45) is 0 Å². The van der Waals surface area contributed by atoms with Crippen LogP contribution in [-0.2, 0) is 11.3 Å². The molecule has 3 aromatic rings. The summed E-state index contributed by atoms with van der Waals surface area (Å²) < 4.78 is 41.5. The fourth-order valence-corrected chi connectivity index (χ4v) is 6.66. The molecule has 1 aromatic carbocycles. The Morgan fingerprint density at radius 3 is 2.39 bits per heavy atom. The number of piperazine rings is 1. The van der Waals surface area contributed by atoms with E-state index in [1.165, 1.54) is 0 Å². The number of aromatic nitrogens is 3. The number of carbonyl (C=O) groups excluding carboxylic acids is 3. The Bertz CT molecular complexity index is 1540. The molecule has 9 nitrogen and oxygen atoms in total. The van der Waals surface area contributed by atoms with Crippen molar-refractivity contribution < 1.29 is 27.6 Å². The van der Waals surface area contributed by atoms with Crippen molar-refractivity contribution >= 4 is 52.5 Å². The minimum Gasteiger partial charge on any atom is -0.349 e. The van der Waals surface area contributed by atoms with Gasteiger partial charge in [0.25, 0.3) is 5.91 Å². The lowest BCUT2D eigenvalue weighted by Gasteiger charge is -2.35. The van der Waals surface area contributed by atoms with Crippen molar-refractivity contribution in [2.45, 2.75) is 83.6 Å². The first-order valence-corrected chi connectivity index (χ1v) is 16.0. The average Bonchev–Trinajstić information content (AvgIpc) is 3.56. The molecule has 0 radical (unpaired) electrons. The van der Waals surface area contributed by atoms with Gasteiger partial charge in [-0.2, -0.15) is 18.3 Å². The minimum absolute atomic E-state index is 0. The number of amides is 2. The van der Waals surface area contributed by atoms with Crippen molar-refractivity contribution in [1.82, 2.24) is 29.5 Å². The van der Waals surface area contributed by atoms with E-state index in [0.717, 1.165) is 37.8 Å². The third-order valence-electron chi connectivity index (χ3n) is 9.03. The van der Waals surface area contributed by atoms with Gasteiger partial charge in [0.2, 0.25) is 5.91 Å². The molecule has 2 aliphatic rings. The number of carbonyl (C=O) groups is 3. The molecule has 0 atom stereocenters. The second kappa shape index (κ2) is 15.2. The summed E-state index contributed by atoms with van der Waals surface area (Å²) in [6, 6.07) is 5.36. The quantitative estimate of drug-likeness (QED) is 0.256. The SMILES string of the molecule is CCCC(=O)c1cnn(C2CCC(NC(=O)c3cn(CC(=O)N4CCN(CCC(F)(F)F)CC4)c4ccc(Cl)cc34)CC2)c1C.Cl. The van der Waals surface area contributed by atoms with Gasteiger partial charge in [0.05, 0.1) is 29.8 Å². The standard InChI is InChI=1S/C32H40ClF3N6O3.ClH/c1-3-4-29(43)26-18-37-42(21(26)2)24-8-6-23(7-9-24)38-31(45)27-19-41(28-10-5-22(33)17-25(27)28)20-30(44)40-15-13-39(14-16-40)12-11-32(34,35)36;/h5,10,17-19,23-24H,3-4,6-9,11-16,20H2,1-2H3,(H,38,45);1H. The van der Waals surface area contributed by atoms with Gasteiger partial charge < -0.3 is 14.8 Å². The molecule has 0 unspecified atom stereocenters. The number of halogens is 5. The number of ketones is 1. The van der Waals surface area contributed by atoms with Gasteiger partial charge in [0, 0.05) is 73.0 Å². The maximum Gasteiger partial charge on any atom is 0.390 e. The Morgan fingerprint density at radius 2 is 1.74 bits per heavy atom. The minimum atomic E-state index is -4.20. The van der Waals surface area contributed by atoms with E-state index in [1.807, 2.05) is 18.5 Å². The van der Waals surface area contributed by atoms with Gasteiger partial charge >= 0.3 is 6.18 Å². The lowest BCUT2D eigenvalue weighted by molar-refractivity contribution is -0.141. The summed E-state index contributed by atoms with van der Waals surface area (Å²) in [6.07, 6.45) is 2.76. The van der Waals surface area contributed by atoms with Crippen LogP contribution in [0, 0.1) is 6.92 Å². The monoisotopic (exact) mass is 684 g/mol. The number of alkyl halides is 3. The Labute approximate surface area is 277 Å². The molecular weight excluding hydrogens is 644 g/mol. The molecule has 2 fully saturated rings. The van der Waals surface area contributed by atoms with Crippen LogP contribution in [0.4, 0.5) is 13.2 Å². The van der Waals surface area contributed by atoms with Gasteiger partial charge in [-0.05, 0) is 57.2 Å². The molecule has 1 N–H and O–H groups in total. The van der Waals surface area contributed by atoms with E-state index in [9.17, 15) is 27.6 Å². The van der Waals surface area contributed by atoms with E-state index in [-0.39, 0.29) is 55.2 Å². The molecule has 0 bridgehead atoms. The molecule has 46 heavy (non-hydrogen) atoms. The van der Waals surface area contributed by atoms with Crippen LogP contribution in [0.5, 0.6) is 0 Å². The first-order chi connectivity index (χ1) is 21.4. The van der Waals surface area contributed by atoms with Gasteiger partial charge in [-0.3, -0.25) is 24.0 Å². The Morgan fingerprint density at radius 1 is 1.04 bits per heavy atom. The predicted molar refractivity (Wildman–Crippen MR) is 173 cm³/mol. The van der Waals surface area contributed by atoms with Gasteiger partial charge in [-0.15, -0.1) is 12.4 Å². The summed E-state index contributed by atoms with van der Waals surface area (Å²) in [6.45, 7) is 5.34. The summed E-state index contributed by atoms with van der Waals surface area (Å²) in [7, 11) is 0. The van der Waals surface area contributed by atoms with Crippen molar-refractivity contribution in [3.8, 4) is 0 Å². The molecule has 2 amide bonds. The zero-order valence-corrected chi connectivity index (χ0v) is 27.7. The third-order valence-corrected chi connectivity index (χ3v) is 9.26. The van der Waals surface area contributed by atoms with Gasteiger partial charge in [0.1, 0.15) is 6.54 Å². The summed E-state index contributed by atoms with van der Waals surface area (Å²) >= 11 is 6.30. The van der Waals surface area contributed by atoms with Crippen LogP contribution in [0.3, 0.4) is 0 Å². The second-order valence-electron chi connectivity index (χ2n) is 12.2. The summed E-state index contributed by atoms with van der Waals surface area (Å²) in [5, 5.41) is 8.81. The topological polar surface area (TPSA) is 92.5 Å². The molecule has 1 saturated carbocycles. The lowest BCUT2D eigenvalue weighted by atomic mass is 9.90. The Kier molecular flexibility index (Phi) is 11.8. The molecule has 2 aromatic heterocycles. The summed E-state index contributed by atoms with van der Waals surface area (Å²) in [5.74, 6) is -0.278. The van der Waals surface area contributed by atoms with Crippen LogP contribution in [0.15, 0.2) is 30.6 Å². The first kappa shape index (κ1) is 35.8. The highest BCUT2D eigenvalue weighted by Gasteiger charge is 2.30. The fraction of sp³-hybridized carbons (Fsp3) is 0.562. The normalized spacial score (nSPS) is 19.2. The molecule has 5 rings (SSSR count). The molecule has 14 heteroatoms. The van der Waals surface area contributed by atoms with E-state index in [4.69, 9.17) is 11.6 Å². The van der Waals surface area contributed by atoms with Crippen molar-refractivity contribution in [3.63, 3.8) is 0 Å². The number of rotatable bonds is 10. The molecular formula is C32H41Cl2F3N6O3. The van der Waals surface area contributed by atoms with E-state index < -0.39 is 12.6 Å². The van der Waals surface area contributed by atoms with Crippen LogP contribution >= 0.6 is 24.0 Å². The van der Waals surface area contributed by atoms with Crippen molar-refractivity contribution in [2.75, 3.05) is 32.7 Å². The number of nitrogens with zero attached hydrogens (tertiary/aromatic N) is 5. The maximum absolute atomic E-state index is 13.5. The highest BCUT2D eigenvalue weighted by atomic mass is 35.5. The zero-order valence-electron chi connectivity index (χ0n) is 26.1. The fourth-order valence-electron chi connectivity index (χ4n) is 6.49. The largest absolute Gasteiger partial charge is 0.390 e. The third kappa shape index (κ3) is 8.43. The van der Waals surface area contributed by atoms with Gasteiger partial charge in [0.15, 0.2) is 5.78 Å².